The lowest BCUT2D eigenvalue weighted by molar-refractivity contribution is -0.125. The lowest BCUT2D eigenvalue weighted by atomic mass is 10.1. The molecule has 10 heteroatoms. The minimum atomic E-state index is -2.97. The molecule has 2 aromatic rings. The number of nitrogens with zero attached hydrogens (tertiary/aromatic N) is 1. The summed E-state index contributed by atoms with van der Waals surface area (Å²) in [7, 11) is 1.34. The topological polar surface area (TPSA) is 84.9 Å². The van der Waals surface area contributed by atoms with Crippen molar-refractivity contribution in [3.63, 3.8) is 0 Å². The van der Waals surface area contributed by atoms with Gasteiger partial charge in [-0.05, 0) is 54.7 Å². The number of amides is 3. The molecule has 0 bridgehead atoms. The summed E-state index contributed by atoms with van der Waals surface area (Å²) in [5.41, 5.74) is 1.32. The maximum atomic E-state index is 13.0. The van der Waals surface area contributed by atoms with Crippen molar-refractivity contribution in [2.24, 2.45) is 0 Å². The molecule has 1 aliphatic rings. The summed E-state index contributed by atoms with van der Waals surface area (Å²) in [6.45, 7) is -2.75. The number of thioether (sulfide) groups is 1. The fourth-order valence-electron chi connectivity index (χ4n) is 3.61. The smallest absolute Gasteiger partial charge is 0.387 e. The lowest BCUT2D eigenvalue weighted by Crippen LogP contribution is -2.50. The van der Waals surface area contributed by atoms with Crippen molar-refractivity contribution in [1.82, 2.24) is 10.2 Å². The van der Waals surface area contributed by atoms with Crippen LogP contribution in [0.2, 0.25) is 0 Å². The van der Waals surface area contributed by atoms with Crippen molar-refractivity contribution in [1.29, 1.82) is 0 Å². The van der Waals surface area contributed by atoms with Gasteiger partial charge >= 0.3 is 6.61 Å². The summed E-state index contributed by atoms with van der Waals surface area (Å²) in [4.78, 5) is 39.7. The van der Waals surface area contributed by atoms with Gasteiger partial charge in [0.2, 0.25) is 5.91 Å². The SMILES string of the molecule is COc1cc(CCNC(=O)C(CCSC)N2C(=O)c3ccccc3C2=O)ccc1OC(F)F. The van der Waals surface area contributed by atoms with Crippen LogP contribution in [0, 0.1) is 0 Å². The molecule has 0 radical (unpaired) electrons. The molecule has 7 nitrogen and oxygen atoms in total. The van der Waals surface area contributed by atoms with E-state index in [0.717, 1.165) is 10.5 Å². The summed E-state index contributed by atoms with van der Waals surface area (Å²) in [5.74, 6) is -0.712. The number of carbonyl (C=O) groups excluding carboxylic acids is 3. The molecule has 0 saturated heterocycles. The fourth-order valence-corrected chi connectivity index (χ4v) is 4.07. The Labute approximate surface area is 194 Å². The highest BCUT2D eigenvalue weighted by atomic mass is 32.2. The lowest BCUT2D eigenvalue weighted by Gasteiger charge is -2.25. The van der Waals surface area contributed by atoms with Gasteiger partial charge in [0, 0.05) is 6.54 Å². The standard InChI is InChI=1S/C23H24F2N2O5S/c1-31-19-13-14(7-8-18(19)32-23(24)25)9-11-26-20(28)17(10-12-33-2)27-21(29)15-5-3-4-6-16(15)22(27)30/h3-8,13,17,23H,9-12H2,1-2H3,(H,26,28). The Morgan fingerprint density at radius 1 is 1.09 bits per heavy atom. The highest BCUT2D eigenvalue weighted by Crippen LogP contribution is 2.30. The van der Waals surface area contributed by atoms with E-state index in [0.29, 0.717) is 29.7 Å². The number of nitrogens with one attached hydrogen (secondary N) is 1. The first-order valence-corrected chi connectivity index (χ1v) is 11.6. The van der Waals surface area contributed by atoms with Crippen LogP contribution < -0.4 is 14.8 Å². The van der Waals surface area contributed by atoms with Gasteiger partial charge in [0.05, 0.1) is 18.2 Å². The molecule has 176 valence electrons. The number of imide groups is 1. The monoisotopic (exact) mass is 478 g/mol. The Kier molecular flexibility index (Phi) is 8.26. The van der Waals surface area contributed by atoms with Crippen molar-refractivity contribution in [2.45, 2.75) is 25.5 Å². The number of ether oxygens (including phenoxy) is 2. The molecule has 33 heavy (non-hydrogen) atoms. The third kappa shape index (κ3) is 5.62. The van der Waals surface area contributed by atoms with Crippen LogP contribution >= 0.6 is 11.8 Å². The highest BCUT2D eigenvalue weighted by Gasteiger charge is 2.42. The van der Waals surface area contributed by atoms with Crippen molar-refractivity contribution in [3.05, 3.63) is 59.2 Å². The van der Waals surface area contributed by atoms with Crippen LogP contribution in [0.1, 0.15) is 32.7 Å². The van der Waals surface area contributed by atoms with Gasteiger partial charge in [-0.3, -0.25) is 19.3 Å². The molecule has 2 aromatic carbocycles. The van der Waals surface area contributed by atoms with E-state index < -0.39 is 30.4 Å². The molecule has 1 N–H and O–H groups in total. The Morgan fingerprint density at radius 2 is 1.76 bits per heavy atom. The quantitative estimate of drug-likeness (QED) is 0.499. The number of carbonyl (C=O) groups is 3. The number of rotatable bonds is 11. The second-order valence-corrected chi connectivity index (χ2v) is 8.21. The van der Waals surface area contributed by atoms with E-state index in [1.54, 1.807) is 36.4 Å². The van der Waals surface area contributed by atoms with E-state index >= 15 is 0 Å². The molecule has 1 atom stereocenters. The highest BCUT2D eigenvalue weighted by molar-refractivity contribution is 7.98. The molecule has 3 amide bonds. The molecular weight excluding hydrogens is 454 g/mol. The number of methoxy groups -OCH3 is 1. The van der Waals surface area contributed by atoms with Gasteiger partial charge in [-0.25, -0.2) is 0 Å². The minimum Gasteiger partial charge on any atom is -0.493 e. The van der Waals surface area contributed by atoms with E-state index in [9.17, 15) is 23.2 Å². The van der Waals surface area contributed by atoms with Gasteiger partial charge in [-0.2, -0.15) is 20.5 Å². The third-order valence-corrected chi connectivity index (χ3v) is 5.84. The maximum absolute atomic E-state index is 13.0. The van der Waals surface area contributed by atoms with Crippen LogP contribution in [0.4, 0.5) is 8.78 Å². The number of alkyl halides is 2. The van der Waals surface area contributed by atoms with Crippen LogP contribution in [0.25, 0.3) is 0 Å². The molecule has 0 aliphatic carbocycles. The van der Waals surface area contributed by atoms with E-state index in [1.165, 1.54) is 24.9 Å². The van der Waals surface area contributed by atoms with Gasteiger partial charge in [-0.15, -0.1) is 0 Å². The van der Waals surface area contributed by atoms with Gasteiger partial charge in [-0.1, -0.05) is 18.2 Å². The number of fused-ring (bicyclic) bond motifs is 1. The summed E-state index contributed by atoms with van der Waals surface area (Å²) >= 11 is 1.51. The Morgan fingerprint density at radius 3 is 2.33 bits per heavy atom. The van der Waals surface area contributed by atoms with Crippen LogP contribution in [-0.2, 0) is 11.2 Å². The zero-order valence-corrected chi connectivity index (χ0v) is 19.0. The van der Waals surface area contributed by atoms with Crippen LogP contribution in [0.5, 0.6) is 11.5 Å². The zero-order valence-electron chi connectivity index (χ0n) is 18.2. The molecule has 0 aromatic heterocycles. The molecule has 0 fully saturated rings. The summed E-state index contributed by atoms with van der Waals surface area (Å²) in [6, 6.07) is 10.1. The zero-order chi connectivity index (χ0) is 24.0. The van der Waals surface area contributed by atoms with Gasteiger partial charge in [0.15, 0.2) is 11.5 Å². The summed E-state index contributed by atoms with van der Waals surface area (Å²) < 4.78 is 34.5. The van der Waals surface area contributed by atoms with Crippen molar-refractivity contribution >= 4 is 29.5 Å². The second kappa shape index (κ2) is 11.1. The van der Waals surface area contributed by atoms with Crippen molar-refractivity contribution in [2.75, 3.05) is 25.7 Å². The Balaban J connectivity index is 1.67. The van der Waals surface area contributed by atoms with Crippen LogP contribution in [0.15, 0.2) is 42.5 Å². The maximum Gasteiger partial charge on any atom is 0.387 e. The van der Waals surface area contributed by atoms with E-state index in [-0.39, 0.29) is 18.0 Å². The van der Waals surface area contributed by atoms with Crippen molar-refractivity contribution in [3.8, 4) is 11.5 Å². The fraction of sp³-hybridized carbons (Fsp3) is 0.348. The summed E-state index contributed by atoms with van der Waals surface area (Å²) in [6.07, 6.45) is 2.59. The number of halogens is 2. The number of benzene rings is 2. The molecule has 0 spiro atoms. The van der Waals surface area contributed by atoms with Crippen LogP contribution in [-0.4, -0.2) is 60.9 Å². The van der Waals surface area contributed by atoms with E-state index in [1.807, 2.05) is 6.26 Å². The van der Waals surface area contributed by atoms with E-state index in [4.69, 9.17) is 4.74 Å². The second-order valence-electron chi connectivity index (χ2n) is 7.23. The minimum absolute atomic E-state index is 0.0805. The van der Waals surface area contributed by atoms with Gasteiger partial charge in [0.1, 0.15) is 6.04 Å². The van der Waals surface area contributed by atoms with Gasteiger partial charge < -0.3 is 14.8 Å². The Hall–Kier alpha value is -3.14. The molecule has 1 heterocycles. The largest absolute Gasteiger partial charge is 0.493 e. The van der Waals surface area contributed by atoms with Crippen LogP contribution in [0.3, 0.4) is 0 Å². The average Bonchev–Trinajstić information content (AvgIpc) is 3.05. The first kappa shape index (κ1) is 24.5. The molecule has 3 rings (SSSR count). The van der Waals surface area contributed by atoms with E-state index in [2.05, 4.69) is 10.1 Å². The normalized spacial score (nSPS) is 13.8. The first-order valence-electron chi connectivity index (χ1n) is 10.2. The number of hydrogen-bond acceptors (Lipinski definition) is 6. The number of hydrogen-bond donors (Lipinski definition) is 1. The van der Waals surface area contributed by atoms with Gasteiger partial charge in [0.25, 0.3) is 11.8 Å². The molecule has 0 saturated carbocycles. The average molecular weight is 479 g/mol. The molecule has 1 aliphatic heterocycles. The summed E-state index contributed by atoms with van der Waals surface area (Å²) in [5, 5.41) is 2.78. The Bertz CT molecular complexity index is 999. The van der Waals surface area contributed by atoms with Crippen molar-refractivity contribution < 1.29 is 32.6 Å². The predicted octanol–water partition coefficient (Wildman–Crippen LogP) is 3.37. The predicted molar refractivity (Wildman–Crippen MR) is 120 cm³/mol. The first-order chi connectivity index (χ1) is 15.9. The third-order valence-electron chi connectivity index (χ3n) is 5.19. The molecular formula is C23H24F2N2O5S. The molecule has 1 unspecified atom stereocenters.